The first-order valence-electron chi connectivity index (χ1n) is 6.77. The second kappa shape index (κ2) is 6.35. The van der Waals surface area contributed by atoms with Gasteiger partial charge < -0.3 is 15.7 Å². The fourth-order valence-electron chi connectivity index (χ4n) is 2.02. The van der Waals surface area contributed by atoms with Gasteiger partial charge in [-0.3, -0.25) is 4.79 Å². The van der Waals surface area contributed by atoms with Crippen LogP contribution in [0, 0.1) is 13.8 Å². The molecule has 0 atom stereocenters. The molecule has 2 aromatic heterocycles. The number of anilines is 3. The largest absolute Gasteiger partial charge is 0.508 e. The van der Waals surface area contributed by atoms with E-state index in [0.29, 0.717) is 21.3 Å². The molecule has 0 fully saturated rings. The molecule has 118 valence electrons. The number of phenols is 1. The van der Waals surface area contributed by atoms with Crippen LogP contribution in [0.25, 0.3) is 0 Å². The highest BCUT2D eigenvalue weighted by molar-refractivity contribution is 7.18. The van der Waals surface area contributed by atoms with Crippen molar-refractivity contribution in [1.82, 2.24) is 9.97 Å². The molecule has 6 nitrogen and oxygen atoms in total. The molecule has 0 aliphatic rings. The lowest BCUT2D eigenvalue weighted by Gasteiger charge is -2.11. The first kappa shape index (κ1) is 15.4. The Kier molecular flexibility index (Phi) is 4.26. The van der Waals surface area contributed by atoms with Crippen LogP contribution in [-0.2, 0) is 0 Å². The number of phenolic OH excluding ortho intramolecular Hbond substituents is 1. The Morgan fingerprint density at radius 1 is 1.22 bits per heavy atom. The number of thiazole rings is 2. The summed E-state index contributed by atoms with van der Waals surface area (Å²) >= 11 is 2.70. The maximum atomic E-state index is 12.4. The van der Waals surface area contributed by atoms with Gasteiger partial charge in [0.15, 0.2) is 10.3 Å². The highest BCUT2D eigenvalue weighted by atomic mass is 32.1. The number of aromatic nitrogens is 2. The lowest BCUT2D eigenvalue weighted by atomic mass is 10.1. The van der Waals surface area contributed by atoms with E-state index in [1.54, 1.807) is 25.3 Å². The van der Waals surface area contributed by atoms with Crippen LogP contribution in [0.1, 0.15) is 20.8 Å². The van der Waals surface area contributed by atoms with Crippen molar-refractivity contribution in [2.24, 2.45) is 0 Å². The molecular weight excluding hydrogens is 332 g/mol. The van der Waals surface area contributed by atoms with E-state index in [4.69, 9.17) is 0 Å². The molecule has 0 unspecified atom stereocenters. The number of carbonyl (C=O) groups is 1. The number of aryl methyl sites for hydroxylation is 1. The van der Waals surface area contributed by atoms with Crippen molar-refractivity contribution in [2.75, 3.05) is 10.6 Å². The van der Waals surface area contributed by atoms with Crippen LogP contribution in [0.15, 0.2) is 29.9 Å². The molecule has 0 aliphatic carbocycles. The van der Waals surface area contributed by atoms with Gasteiger partial charge in [-0.2, -0.15) is 0 Å². The Balaban J connectivity index is 1.77. The van der Waals surface area contributed by atoms with Gasteiger partial charge in [0, 0.05) is 17.1 Å². The standard InChI is InChI=1S/C15H14N4O2S2/c1-8-3-4-10(20)9(2)12(8)18-13(21)11-7-17-15(23-11)19-14-16-5-6-22-14/h3-7,20H,1-2H3,(H,18,21)(H,16,17,19). The van der Waals surface area contributed by atoms with Crippen LogP contribution in [0.2, 0.25) is 0 Å². The first-order valence-corrected chi connectivity index (χ1v) is 8.47. The van der Waals surface area contributed by atoms with E-state index < -0.39 is 0 Å². The van der Waals surface area contributed by atoms with E-state index in [1.807, 2.05) is 12.3 Å². The molecule has 0 spiro atoms. The normalized spacial score (nSPS) is 10.5. The minimum atomic E-state index is -0.258. The lowest BCUT2D eigenvalue weighted by Crippen LogP contribution is -2.12. The van der Waals surface area contributed by atoms with Gasteiger partial charge in [0.1, 0.15) is 10.6 Å². The zero-order valence-corrected chi connectivity index (χ0v) is 14.1. The number of nitrogens with one attached hydrogen (secondary N) is 2. The van der Waals surface area contributed by atoms with E-state index in [9.17, 15) is 9.90 Å². The number of hydrogen-bond donors (Lipinski definition) is 3. The Hall–Kier alpha value is -2.45. The molecule has 0 aliphatic heterocycles. The van der Waals surface area contributed by atoms with Gasteiger partial charge in [-0.25, -0.2) is 9.97 Å². The van der Waals surface area contributed by atoms with Gasteiger partial charge in [0.25, 0.3) is 5.91 Å². The van der Waals surface area contributed by atoms with Gasteiger partial charge >= 0.3 is 0 Å². The minimum absolute atomic E-state index is 0.154. The molecule has 3 aromatic rings. The maximum absolute atomic E-state index is 12.4. The van der Waals surface area contributed by atoms with Crippen molar-refractivity contribution in [3.8, 4) is 5.75 Å². The van der Waals surface area contributed by atoms with Crippen molar-refractivity contribution in [3.05, 3.63) is 45.9 Å². The van der Waals surface area contributed by atoms with E-state index in [2.05, 4.69) is 20.6 Å². The second-order valence-corrected chi connectivity index (χ2v) is 6.77. The summed E-state index contributed by atoms with van der Waals surface area (Å²) in [6.45, 7) is 3.64. The average molecular weight is 346 g/mol. The van der Waals surface area contributed by atoms with E-state index in [-0.39, 0.29) is 11.7 Å². The smallest absolute Gasteiger partial charge is 0.267 e. The molecular formula is C15H14N4O2S2. The monoisotopic (exact) mass is 346 g/mol. The van der Waals surface area contributed by atoms with Crippen LogP contribution in [0.5, 0.6) is 5.75 Å². The predicted octanol–water partition coefficient (Wildman–Crippen LogP) is 3.92. The Bertz CT molecular complexity index is 843. The van der Waals surface area contributed by atoms with E-state index >= 15 is 0 Å². The van der Waals surface area contributed by atoms with Gasteiger partial charge in [0.05, 0.1) is 11.9 Å². The number of benzene rings is 1. The van der Waals surface area contributed by atoms with Crippen molar-refractivity contribution in [1.29, 1.82) is 0 Å². The molecule has 0 radical (unpaired) electrons. The van der Waals surface area contributed by atoms with Gasteiger partial charge in [0.2, 0.25) is 0 Å². The summed E-state index contributed by atoms with van der Waals surface area (Å²) in [5, 5.41) is 18.9. The maximum Gasteiger partial charge on any atom is 0.267 e. The van der Waals surface area contributed by atoms with E-state index in [1.165, 1.54) is 28.9 Å². The molecule has 23 heavy (non-hydrogen) atoms. The third-order valence-electron chi connectivity index (χ3n) is 3.26. The summed E-state index contributed by atoms with van der Waals surface area (Å²) in [5.41, 5.74) is 2.15. The predicted molar refractivity (Wildman–Crippen MR) is 93.0 cm³/mol. The molecule has 0 bridgehead atoms. The number of nitrogens with zero attached hydrogens (tertiary/aromatic N) is 2. The van der Waals surface area contributed by atoms with Crippen molar-refractivity contribution >= 4 is 44.5 Å². The molecule has 1 amide bonds. The van der Waals surface area contributed by atoms with Crippen LogP contribution in [0.4, 0.5) is 16.0 Å². The van der Waals surface area contributed by atoms with Crippen LogP contribution >= 0.6 is 22.7 Å². The average Bonchev–Trinajstić information content (AvgIpc) is 3.20. The number of aromatic hydroxyl groups is 1. The Morgan fingerprint density at radius 2 is 2.04 bits per heavy atom. The van der Waals surface area contributed by atoms with Crippen LogP contribution < -0.4 is 10.6 Å². The van der Waals surface area contributed by atoms with Crippen molar-refractivity contribution in [3.63, 3.8) is 0 Å². The summed E-state index contributed by atoms with van der Waals surface area (Å²) in [5.74, 6) is -0.104. The summed E-state index contributed by atoms with van der Waals surface area (Å²) in [6.07, 6.45) is 3.21. The third-order valence-corrected chi connectivity index (χ3v) is 4.86. The lowest BCUT2D eigenvalue weighted by molar-refractivity contribution is 0.103. The van der Waals surface area contributed by atoms with Gasteiger partial charge in [-0.1, -0.05) is 17.4 Å². The van der Waals surface area contributed by atoms with Crippen LogP contribution in [-0.4, -0.2) is 21.0 Å². The van der Waals surface area contributed by atoms with Crippen molar-refractivity contribution in [2.45, 2.75) is 13.8 Å². The van der Waals surface area contributed by atoms with Crippen molar-refractivity contribution < 1.29 is 9.90 Å². The zero-order chi connectivity index (χ0) is 16.4. The molecule has 0 saturated heterocycles. The molecule has 2 heterocycles. The molecule has 3 rings (SSSR count). The summed E-state index contributed by atoms with van der Waals surface area (Å²) in [4.78, 5) is 21.2. The molecule has 8 heteroatoms. The number of hydrogen-bond acceptors (Lipinski definition) is 7. The van der Waals surface area contributed by atoms with E-state index in [0.717, 1.165) is 10.7 Å². The molecule has 1 aromatic carbocycles. The van der Waals surface area contributed by atoms with Crippen LogP contribution in [0.3, 0.4) is 0 Å². The zero-order valence-electron chi connectivity index (χ0n) is 12.5. The fourth-order valence-corrected chi connectivity index (χ4v) is 3.32. The SMILES string of the molecule is Cc1ccc(O)c(C)c1NC(=O)c1cnc(Nc2nccs2)s1. The number of carbonyl (C=O) groups excluding carboxylic acids is 1. The highest BCUT2D eigenvalue weighted by Gasteiger charge is 2.15. The summed E-state index contributed by atoms with van der Waals surface area (Å²) < 4.78 is 0. The fraction of sp³-hybridized carbons (Fsp3) is 0.133. The molecule has 0 saturated carbocycles. The minimum Gasteiger partial charge on any atom is -0.508 e. The number of rotatable bonds is 4. The number of amides is 1. The quantitative estimate of drug-likeness (QED) is 0.666. The Morgan fingerprint density at radius 3 is 2.78 bits per heavy atom. The molecule has 3 N–H and O–H groups in total. The first-order chi connectivity index (χ1) is 11.0. The van der Waals surface area contributed by atoms with Gasteiger partial charge in [-0.05, 0) is 25.5 Å². The topological polar surface area (TPSA) is 87.1 Å². The highest BCUT2D eigenvalue weighted by Crippen LogP contribution is 2.29. The summed E-state index contributed by atoms with van der Waals surface area (Å²) in [6, 6.07) is 3.38. The Labute approximate surface area is 140 Å². The van der Waals surface area contributed by atoms with Gasteiger partial charge in [-0.15, -0.1) is 11.3 Å². The summed E-state index contributed by atoms with van der Waals surface area (Å²) in [7, 11) is 0. The third kappa shape index (κ3) is 3.33. The second-order valence-electron chi connectivity index (χ2n) is 4.85.